The van der Waals surface area contributed by atoms with Crippen LogP contribution in [0.15, 0.2) is 4.99 Å². The van der Waals surface area contributed by atoms with E-state index >= 15 is 0 Å². The van der Waals surface area contributed by atoms with Crippen LogP contribution in [-0.2, 0) is 0 Å². The van der Waals surface area contributed by atoms with Gasteiger partial charge >= 0.3 is 0 Å². The molecule has 0 fully saturated rings. The van der Waals surface area contributed by atoms with E-state index in [0.29, 0.717) is 6.04 Å². The van der Waals surface area contributed by atoms with E-state index < -0.39 is 0 Å². The minimum absolute atomic E-state index is 0.637. The van der Waals surface area contributed by atoms with E-state index in [4.69, 9.17) is 0 Å². The van der Waals surface area contributed by atoms with Gasteiger partial charge in [0, 0.05) is 12.3 Å². The minimum Gasteiger partial charge on any atom is -0.295 e. The molecule has 1 aliphatic heterocycles. The molecule has 7 heavy (non-hydrogen) atoms. The lowest BCUT2D eigenvalue weighted by Gasteiger charge is -2.12. The van der Waals surface area contributed by atoms with Crippen molar-refractivity contribution in [3.05, 3.63) is 0 Å². The Hall–Kier alpha value is -0.370. The summed E-state index contributed by atoms with van der Waals surface area (Å²) in [6.07, 6.45) is 3.06. The molecule has 1 heterocycles. The predicted octanol–water partition coefficient (Wildman–Crippen LogP) is 0.397. The average Bonchev–Trinajstić information content (AvgIpc) is 1.69. The SMILES string of the molecule is CC1CC=NCN1. The van der Waals surface area contributed by atoms with Crippen molar-refractivity contribution in [3.8, 4) is 0 Å². The molecule has 0 radical (unpaired) electrons. The number of nitrogens with one attached hydrogen (secondary N) is 1. The van der Waals surface area contributed by atoms with Gasteiger partial charge in [-0.25, -0.2) is 0 Å². The van der Waals surface area contributed by atoms with Crippen molar-refractivity contribution in [1.29, 1.82) is 0 Å². The summed E-state index contributed by atoms with van der Waals surface area (Å²) in [5, 5.41) is 3.18. The zero-order valence-electron chi connectivity index (χ0n) is 4.52. The fourth-order valence-electron chi connectivity index (χ4n) is 0.589. The maximum atomic E-state index is 3.99. The Morgan fingerprint density at radius 3 is 3.00 bits per heavy atom. The van der Waals surface area contributed by atoms with Gasteiger partial charge in [0.05, 0.1) is 6.67 Å². The third-order valence-corrected chi connectivity index (χ3v) is 1.12. The molecule has 0 aromatic carbocycles. The molecular weight excluding hydrogens is 88.1 g/mol. The second-order valence-electron chi connectivity index (χ2n) is 1.86. The first-order chi connectivity index (χ1) is 3.39. The Labute approximate surface area is 43.6 Å². The lowest BCUT2D eigenvalue weighted by Crippen LogP contribution is -2.29. The fraction of sp³-hybridized carbons (Fsp3) is 0.800. The van der Waals surface area contributed by atoms with E-state index in [0.717, 1.165) is 13.1 Å². The summed E-state index contributed by atoms with van der Waals surface area (Å²) in [6, 6.07) is 0.637. The average molecular weight is 98.1 g/mol. The van der Waals surface area contributed by atoms with E-state index in [2.05, 4.69) is 17.2 Å². The fourth-order valence-corrected chi connectivity index (χ4v) is 0.589. The van der Waals surface area contributed by atoms with Gasteiger partial charge < -0.3 is 0 Å². The molecule has 0 aliphatic carbocycles. The Bertz CT molecular complexity index is 78.1. The zero-order chi connectivity index (χ0) is 5.11. The summed E-state index contributed by atoms with van der Waals surface area (Å²) in [5.74, 6) is 0. The van der Waals surface area contributed by atoms with Gasteiger partial charge in [0.25, 0.3) is 0 Å². The smallest absolute Gasteiger partial charge is 0.0882 e. The first-order valence-corrected chi connectivity index (χ1v) is 2.61. The van der Waals surface area contributed by atoms with Crippen LogP contribution in [0.4, 0.5) is 0 Å². The van der Waals surface area contributed by atoms with Gasteiger partial charge in [0.1, 0.15) is 0 Å². The van der Waals surface area contributed by atoms with Crippen LogP contribution in [0.25, 0.3) is 0 Å². The standard InChI is InChI=1S/C5H10N2/c1-5-2-3-6-4-7-5/h3,5,7H,2,4H2,1H3. The summed E-state index contributed by atoms with van der Waals surface area (Å²) in [5.41, 5.74) is 0. The molecule has 0 saturated heterocycles. The van der Waals surface area contributed by atoms with Crippen molar-refractivity contribution < 1.29 is 0 Å². The zero-order valence-corrected chi connectivity index (χ0v) is 4.52. The molecule has 1 rings (SSSR count). The van der Waals surface area contributed by atoms with Crippen LogP contribution in [0.2, 0.25) is 0 Å². The Morgan fingerprint density at radius 2 is 2.71 bits per heavy atom. The lowest BCUT2D eigenvalue weighted by molar-refractivity contribution is 0.560. The molecular formula is C5H10N2. The van der Waals surface area contributed by atoms with Gasteiger partial charge in [-0.1, -0.05) is 0 Å². The second kappa shape index (κ2) is 2.07. The molecule has 40 valence electrons. The van der Waals surface area contributed by atoms with Crippen molar-refractivity contribution in [2.75, 3.05) is 6.67 Å². The third-order valence-electron chi connectivity index (χ3n) is 1.12. The Morgan fingerprint density at radius 1 is 1.86 bits per heavy atom. The summed E-state index contributed by atoms with van der Waals surface area (Å²) in [6.45, 7) is 2.96. The van der Waals surface area contributed by atoms with Crippen LogP contribution in [0.3, 0.4) is 0 Å². The van der Waals surface area contributed by atoms with Gasteiger partial charge in [-0.15, -0.1) is 0 Å². The third kappa shape index (κ3) is 1.27. The molecule has 1 N–H and O–H groups in total. The molecule has 1 atom stereocenters. The molecule has 0 bridgehead atoms. The molecule has 2 heteroatoms. The highest BCUT2D eigenvalue weighted by Crippen LogP contribution is 1.90. The van der Waals surface area contributed by atoms with Crippen molar-refractivity contribution in [2.45, 2.75) is 19.4 Å². The van der Waals surface area contributed by atoms with E-state index in [1.165, 1.54) is 0 Å². The summed E-state index contributed by atoms with van der Waals surface area (Å²) in [7, 11) is 0. The number of rotatable bonds is 0. The first-order valence-electron chi connectivity index (χ1n) is 2.61. The molecule has 0 aromatic rings. The molecule has 0 spiro atoms. The van der Waals surface area contributed by atoms with Crippen molar-refractivity contribution in [1.82, 2.24) is 5.32 Å². The van der Waals surface area contributed by atoms with E-state index in [1.807, 2.05) is 6.21 Å². The highest BCUT2D eigenvalue weighted by atomic mass is 15.0. The largest absolute Gasteiger partial charge is 0.295 e. The van der Waals surface area contributed by atoms with Crippen LogP contribution in [0, 0.1) is 0 Å². The van der Waals surface area contributed by atoms with Gasteiger partial charge in [0.2, 0.25) is 0 Å². The Balaban J connectivity index is 2.32. The molecule has 0 amide bonds. The number of nitrogens with zero attached hydrogens (tertiary/aromatic N) is 1. The lowest BCUT2D eigenvalue weighted by atomic mass is 10.2. The van der Waals surface area contributed by atoms with E-state index in [-0.39, 0.29) is 0 Å². The Kier molecular flexibility index (Phi) is 1.42. The first kappa shape index (κ1) is 4.78. The number of hydrogen-bond acceptors (Lipinski definition) is 2. The highest BCUT2D eigenvalue weighted by molar-refractivity contribution is 5.58. The normalized spacial score (nSPS) is 30.7. The van der Waals surface area contributed by atoms with E-state index in [9.17, 15) is 0 Å². The molecule has 0 aromatic heterocycles. The van der Waals surface area contributed by atoms with Crippen LogP contribution in [0.1, 0.15) is 13.3 Å². The molecule has 1 unspecified atom stereocenters. The van der Waals surface area contributed by atoms with Gasteiger partial charge in [-0.3, -0.25) is 10.3 Å². The van der Waals surface area contributed by atoms with Gasteiger partial charge in [-0.05, 0) is 13.3 Å². The number of hydrogen-bond donors (Lipinski definition) is 1. The molecule has 2 nitrogen and oxygen atoms in total. The van der Waals surface area contributed by atoms with Crippen molar-refractivity contribution >= 4 is 6.21 Å². The van der Waals surface area contributed by atoms with Crippen LogP contribution in [-0.4, -0.2) is 18.9 Å². The maximum absolute atomic E-state index is 3.99. The molecule has 1 aliphatic rings. The van der Waals surface area contributed by atoms with Crippen LogP contribution < -0.4 is 5.32 Å². The highest BCUT2D eigenvalue weighted by Gasteiger charge is 1.99. The van der Waals surface area contributed by atoms with Crippen molar-refractivity contribution in [2.24, 2.45) is 4.99 Å². The summed E-state index contributed by atoms with van der Waals surface area (Å²) >= 11 is 0. The topological polar surface area (TPSA) is 24.4 Å². The van der Waals surface area contributed by atoms with Crippen LogP contribution in [0.5, 0.6) is 0 Å². The van der Waals surface area contributed by atoms with Gasteiger partial charge in [0.15, 0.2) is 0 Å². The maximum Gasteiger partial charge on any atom is 0.0882 e. The van der Waals surface area contributed by atoms with Crippen molar-refractivity contribution in [3.63, 3.8) is 0 Å². The van der Waals surface area contributed by atoms with Gasteiger partial charge in [-0.2, -0.15) is 0 Å². The second-order valence-corrected chi connectivity index (χ2v) is 1.86. The van der Waals surface area contributed by atoms with E-state index in [1.54, 1.807) is 0 Å². The van der Waals surface area contributed by atoms with Crippen LogP contribution >= 0.6 is 0 Å². The number of aliphatic imine (C=N–C) groups is 1. The summed E-state index contributed by atoms with van der Waals surface area (Å²) in [4.78, 5) is 3.99. The minimum atomic E-state index is 0.637. The summed E-state index contributed by atoms with van der Waals surface area (Å²) < 4.78 is 0. The quantitative estimate of drug-likeness (QED) is 0.466. The monoisotopic (exact) mass is 98.1 g/mol. The molecule has 0 saturated carbocycles. The predicted molar refractivity (Wildman–Crippen MR) is 30.6 cm³/mol.